The number of carboxylic acids is 1. The van der Waals surface area contributed by atoms with Crippen molar-refractivity contribution in [3.8, 4) is 0 Å². The molecule has 0 radical (unpaired) electrons. The number of fused-ring (bicyclic) bond motifs is 3. The van der Waals surface area contributed by atoms with E-state index in [-0.39, 0.29) is 15.8 Å². The van der Waals surface area contributed by atoms with E-state index in [1.165, 1.54) is 12.4 Å². The zero-order valence-corrected chi connectivity index (χ0v) is 13.9. The lowest BCUT2D eigenvalue weighted by atomic mass is 9.91. The van der Waals surface area contributed by atoms with E-state index in [0.29, 0.717) is 5.82 Å². The minimum atomic E-state index is -1.03. The molecule has 2 aliphatic rings. The summed E-state index contributed by atoms with van der Waals surface area (Å²) in [5, 5.41) is 9.69. The van der Waals surface area contributed by atoms with Crippen molar-refractivity contribution in [2.75, 3.05) is 5.73 Å². The second-order valence-electron chi connectivity index (χ2n) is 5.53. The topological polar surface area (TPSA) is 89.1 Å². The van der Waals surface area contributed by atoms with Crippen LogP contribution in [0.25, 0.3) is 11.1 Å². The molecular formula is C17H12ClN3O2S. The van der Waals surface area contributed by atoms with Crippen LogP contribution in [-0.4, -0.2) is 26.3 Å². The van der Waals surface area contributed by atoms with Gasteiger partial charge in [0, 0.05) is 5.25 Å². The van der Waals surface area contributed by atoms with Crippen LogP contribution >= 0.6 is 23.4 Å². The highest BCUT2D eigenvalue weighted by Crippen LogP contribution is 2.51. The van der Waals surface area contributed by atoms with Gasteiger partial charge in [-0.05, 0) is 29.2 Å². The summed E-state index contributed by atoms with van der Waals surface area (Å²) < 4.78 is 0. The van der Waals surface area contributed by atoms with E-state index in [9.17, 15) is 9.90 Å². The summed E-state index contributed by atoms with van der Waals surface area (Å²) in [7, 11) is 0. The first kappa shape index (κ1) is 15.2. The van der Waals surface area contributed by atoms with Crippen LogP contribution in [0.1, 0.15) is 28.0 Å². The number of carboxylic acid groups (broad SMARTS) is 1. The molecule has 1 aliphatic carbocycles. The fraction of sp³-hybridized carbons (Fsp3) is 0.118. The Morgan fingerprint density at radius 3 is 2.96 bits per heavy atom. The van der Waals surface area contributed by atoms with Crippen molar-refractivity contribution >= 4 is 46.3 Å². The molecule has 1 unspecified atom stereocenters. The fourth-order valence-corrected chi connectivity index (χ4v) is 4.66. The molecule has 1 aliphatic heterocycles. The number of nitrogens with zero attached hydrogens (tertiary/aromatic N) is 2. The van der Waals surface area contributed by atoms with Gasteiger partial charge in [0.2, 0.25) is 0 Å². The lowest BCUT2D eigenvalue weighted by Gasteiger charge is -2.19. The van der Waals surface area contributed by atoms with Crippen molar-refractivity contribution in [2.24, 2.45) is 0 Å². The molecule has 1 aromatic carbocycles. The number of nitrogens with two attached hydrogens (primary N) is 1. The molecule has 7 heteroatoms. The first-order chi connectivity index (χ1) is 11.6. The third-order valence-electron chi connectivity index (χ3n) is 4.16. The number of nitrogen functional groups attached to an aromatic ring is 1. The molecule has 2 aromatic rings. The number of thioether (sulfide) groups is 1. The van der Waals surface area contributed by atoms with Crippen LogP contribution in [0.15, 0.2) is 41.6 Å². The number of benzene rings is 1. The first-order valence-electron chi connectivity index (χ1n) is 7.26. The number of allylic oxidation sites excluding steroid dienone is 3. The number of anilines is 1. The van der Waals surface area contributed by atoms with Gasteiger partial charge in [0.05, 0.1) is 21.2 Å². The van der Waals surface area contributed by atoms with Crippen molar-refractivity contribution in [2.45, 2.75) is 16.6 Å². The predicted octanol–water partition coefficient (Wildman–Crippen LogP) is 3.76. The summed E-state index contributed by atoms with van der Waals surface area (Å²) in [6.45, 7) is 0. The standard InChI is InChI=1S/C17H12ClN3O2S/c18-13-9(2-1-3-11(13)17(22)23)8-4-5-10-12(6-8)24-15-14(10)20-7-21-16(15)19/h1-5,7,12H,6H2,(H,22,23)(H2,19,20,21). The van der Waals surface area contributed by atoms with Gasteiger partial charge in [-0.15, -0.1) is 11.8 Å². The number of aromatic carboxylic acids is 1. The average molecular weight is 358 g/mol. The maximum atomic E-state index is 11.3. The van der Waals surface area contributed by atoms with Crippen molar-refractivity contribution < 1.29 is 9.90 Å². The molecule has 0 spiro atoms. The molecule has 0 amide bonds. The molecule has 0 saturated carbocycles. The van der Waals surface area contributed by atoms with E-state index < -0.39 is 5.97 Å². The van der Waals surface area contributed by atoms with Crippen molar-refractivity contribution in [3.05, 3.63) is 58.5 Å². The van der Waals surface area contributed by atoms with Crippen molar-refractivity contribution in [1.82, 2.24) is 9.97 Å². The Balaban J connectivity index is 1.76. The van der Waals surface area contributed by atoms with Gasteiger partial charge in [-0.1, -0.05) is 35.9 Å². The largest absolute Gasteiger partial charge is 0.478 e. The minimum absolute atomic E-state index is 0.113. The molecule has 5 nitrogen and oxygen atoms in total. The van der Waals surface area contributed by atoms with E-state index in [1.807, 2.05) is 18.2 Å². The second kappa shape index (κ2) is 5.65. The average Bonchev–Trinajstić information content (AvgIpc) is 2.94. The van der Waals surface area contributed by atoms with Gasteiger partial charge in [-0.25, -0.2) is 14.8 Å². The first-order valence-corrected chi connectivity index (χ1v) is 8.52. The Kier molecular flexibility index (Phi) is 3.58. The maximum absolute atomic E-state index is 11.3. The highest BCUT2D eigenvalue weighted by molar-refractivity contribution is 8.01. The molecule has 2 heterocycles. The van der Waals surface area contributed by atoms with Crippen LogP contribution in [0, 0.1) is 0 Å². The van der Waals surface area contributed by atoms with Gasteiger partial charge in [-0.3, -0.25) is 0 Å². The van der Waals surface area contributed by atoms with E-state index >= 15 is 0 Å². The fourth-order valence-electron chi connectivity index (χ4n) is 3.01. The summed E-state index contributed by atoms with van der Waals surface area (Å²) in [6.07, 6.45) is 6.20. The van der Waals surface area contributed by atoms with Crippen molar-refractivity contribution in [3.63, 3.8) is 0 Å². The summed E-state index contributed by atoms with van der Waals surface area (Å²) in [6, 6.07) is 5.07. The van der Waals surface area contributed by atoms with Gasteiger partial charge in [-0.2, -0.15) is 0 Å². The van der Waals surface area contributed by atoms with E-state index in [4.69, 9.17) is 17.3 Å². The van der Waals surface area contributed by atoms with Gasteiger partial charge < -0.3 is 10.8 Å². The Morgan fingerprint density at radius 2 is 2.17 bits per heavy atom. The number of hydrogen-bond acceptors (Lipinski definition) is 5. The molecule has 4 rings (SSSR count). The molecule has 24 heavy (non-hydrogen) atoms. The summed E-state index contributed by atoms with van der Waals surface area (Å²) in [4.78, 5) is 20.6. The Bertz CT molecular complexity index is 939. The molecule has 1 aromatic heterocycles. The molecule has 1 atom stereocenters. The van der Waals surface area contributed by atoms with E-state index in [1.54, 1.807) is 17.8 Å². The lowest BCUT2D eigenvalue weighted by Crippen LogP contribution is -2.07. The third-order valence-corrected chi connectivity index (χ3v) is 5.91. The monoisotopic (exact) mass is 357 g/mol. The van der Waals surface area contributed by atoms with E-state index in [0.717, 1.165) is 33.7 Å². The molecular weight excluding hydrogens is 346 g/mol. The van der Waals surface area contributed by atoms with Crippen LogP contribution in [0.3, 0.4) is 0 Å². The zero-order valence-electron chi connectivity index (χ0n) is 12.4. The zero-order chi connectivity index (χ0) is 16.8. The quantitative estimate of drug-likeness (QED) is 0.850. The van der Waals surface area contributed by atoms with Gasteiger partial charge in [0.15, 0.2) is 0 Å². The Hall–Kier alpha value is -2.31. The third kappa shape index (κ3) is 2.30. The highest BCUT2D eigenvalue weighted by Gasteiger charge is 2.33. The smallest absolute Gasteiger partial charge is 0.337 e. The summed E-state index contributed by atoms with van der Waals surface area (Å²) >= 11 is 7.95. The second-order valence-corrected chi connectivity index (χ2v) is 7.12. The number of rotatable bonds is 2. The minimum Gasteiger partial charge on any atom is -0.478 e. The summed E-state index contributed by atoms with van der Waals surface area (Å²) in [5.41, 5.74) is 9.83. The van der Waals surface area contributed by atoms with Crippen LogP contribution < -0.4 is 5.73 Å². The number of hydrogen-bond donors (Lipinski definition) is 2. The van der Waals surface area contributed by atoms with Gasteiger partial charge in [0.25, 0.3) is 0 Å². The van der Waals surface area contributed by atoms with E-state index in [2.05, 4.69) is 9.97 Å². The Morgan fingerprint density at radius 1 is 1.33 bits per heavy atom. The highest BCUT2D eigenvalue weighted by atomic mass is 35.5. The van der Waals surface area contributed by atoms with Crippen LogP contribution in [0.2, 0.25) is 5.02 Å². The van der Waals surface area contributed by atoms with Gasteiger partial charge in [0.1, 0.15) is 12.1 Å². The molecule has 0 bridgehead atoms. The molecule has 0 saturated heterocycles. The van der Waals surface area contributed by atoms with Crippen LogP contribution in [0.5, 0.6) is 0 Å². The normalized spacial score (nSPS) is 18.5. The number of halogens is 1. The van der Waals surface area contributed by atoms with Crippen molar-refractivity contribution in [1.29, 1.82) is 0 Å². The molecule has 0 fully saturated rings. The molecule has 3 N–H and O–H groups in total. The lowest BCUT2D eigenvalue weighted by molar-refractivity contribution is 0.0697. The number of aromatic nitrogens is 2. The summed E-state index contributed by atoms with van der Waals surface area (Å²) in [5.74, 6) is -0.534. The maximum Gasteiger partial charge on any atom is 0.337 e. The number of carbonyl (C=O) groups is 1. The van der Waals surface area contributed by atoms with Crippen LogP contribution in [-0.2, 0) is 0 Å². The Labute approximate surface area is 147 Å². The van der Waals surface area contributed by atoms with Crippen LogP contribution in [0.4, 0.5) is 5.82 Å². The molecule has 120 valence electrons. The van der Waals surface area contributed by atoms with Gasteiger partial charge >= 0.3 is 5.97 Å². The SMILES string of the molecule is Nc1ncnc2c1SC1CC(c3cccc(C(=O)O)c3Cl)=CC=C21. The predicted molar refractivity (Wildman–Crippen MR) is 95.1 cm³/mol.